The van der Waals surface area contributed by atoms with Crippen molar-refractivity contribution in [3.63, 3.8) is 0 Å². The number of amides is 2. The van der Waals surface area contributed by atoms with Crippen LogP contribution < -0.4 is 0 Å². The van der Waals surface area contributed by atoms with Crippen LogP contribution in [0.15, 0.2) is 0 Å². The maximum Gasteiger partial charge on any atom is 0.227 e. The van der Waals surface area contributed by atoms with Gasteiger partial charge >= 0.3 is 0 Å². The fourth-order valence-corrected chi connectivity index (χ4v) is 2.55. The van der Waals surface area contributed by atoms with Crippen LogP contribution in [0.5, 0.6) is 0 Å². The van der Waals surface area contributed by atoms with Crippen molar-refractivity contribution in [2.75, 3.05) is 26.7 Å². The first kappa shape index (κ1) is 12.4. The van der Waals surface area contributed by atoms with Crippen molar-refractivity contribution >= 4 is 11.8 Å². The van der Waals surface area contributed by atoms with E-state index in [1.54, 1.807) is 11.8 Å². The van der Waals surface area contributed by atoms with Gasteiger partial charge in [-0.3, -0.25) is 9.59 Å². The molecule has 4 heteroatoms. The van der Waals surface area contributed by atoms with Crippen LogP contribution >= 0.6 is 0 Å². The summed E-state index contributed by atoms with van der Waals surface area (Å²) in [7, 11) is 1.90. The van der Waals surface area contributed by atoms with Gasteiger partial charge in [0.1, 0.15) is 0 Å². The second-order valence-electron chi connectivity index (χ2n) is 5.47. The molecular weight excluding hydrogens is 216 g/mol. The first-order valence-corrected chi connectivity index (χ1v) is 6.58. The summed E-state index contributed by atoms with van der Waals surface area (Å²) < 4.78 is 0. The Labute approximate surface area is 103 Å². The fraction of sp³-hybridized carbons (Fsp3) is 0.846. The lowest BCUT2D eigenvalue weighted by Gasteiger charge is -2.33. The minimum atomic E-state index is 0.0244. The maximum absolute atomic E-state index is 12.2. The average Bonchev–Trinajstić information content (AvgIpc) is 3.12. The van der Waals surface area contributed by atoms with Gasteiger partial charge in [-0.2, -0.15) is 0 Å². The number of hydrogen-bond acceptors (Lipinski definition) is 2. The van der Waals surface area contributed by atoms with E-state index in [2.05, 4.69) is 0 Å². The third-order valence-electron chi connectivity index (χ3n) is 3.82. The van der Waals surface area contributed by atoms with Crippen molar-refractivity contribution < 1.29 is 9.59 Å². The second-order valence-corrected chi connectivity index (χ2v) is 5.47. The van der Waals surface area contributed by atoms with Gasteiger partial charge in [-0.05, 0) is 31.6 Å². The summed E-state index contributed by atoms with van der Waals surface area (Å²) in [5.74, 6) is 1.07. The number of carbonyl (C=O) groups excluding carboxylic acids is 2. The Morgan fingerprint density at radius 3 is 2.59 bits per heavy atom. The number of carbonyl (C=O) groups is 2. The van der Waals surface area contributed by atoms with Gasteiger partial charge in [0, 0.05) is 33.6 Å². The molecule has 0 aromatic rings. The second kappa shape index (κ2) is 5.07. The average molecular weight is 238 g/mol. The lowest BCUT2D eigenvalue weighted by Crippen LogP contribution is -2.45. The third-order valence-corrected chi connectivity index (χ3v) is 3.82. The van der Waals surface area contributed by atoms with E-state index in [-0.39, 0.29) is 17.7 Å². The van der Waals surface area contributed by atoms with Gasteiger partial charge in [-0.1, -0.05) is 0 Å². The predicted octanol–water partition coefficient (Wildman–Crippen LogP) is 1.11. The van der Waals surface area contributed by atoms with E-state index in [4.69, 9.17) is 0 Å². The summed E-state index contributed by atoms with van der Waals surface area (Å²) in [6.07, 6.45) is 4.41. The molecule has 2 rings (SSSR count). The molecule has 0 aromatic heterocycles. The smallest absolute Gasteiger partial charge is 0.227 e. The van der Waals surface area contributed by atoms with Crippen LogP contribution in [-0.4, -0.2) is 48.3 Å². The Bertz CT molecular complexity index is 313. The topological polar surface area (TPSA) is 40.6 Å². The van der Waals surface area contributed by atoms with E-state index in [1.807, 2.05) is 11.9 Å². The predicted molar refractivity (Wildman–Crippen MR) is 65.3 cm³/mol. The summed E-state index contributed by atoms with van der Waals surface area (Å²) in [5, 5.41) is 0. The summed E-state index contributed by atoms with van der Waals surface area (Å²) >= 11 is 0. The normalized spacial score (nSPS) is 24.6. The molecule has 17 heavy (non-hydrogen) atoms. The van der Waals surface area contributed by atoms with E-state index in [1.165, 1.54) is 12.8 Å². The highest BCUT2D eigenvalue weighted by Gasteiger charge is 2.31. The molecule has 1 aliphatic carbocycles. The van der Waals surface area contributed by atoms with Crippen LogP contribution in [0.25, 0.3) is 0 Å². The molecule has 2 fully saturated rings. The van der Waals surface area contributed by atoms with Gasteiger partial charge < -0.3 is 9.80 Å². The van der Waals surface area contributed by atoms with Gasteiger partial charge in [-0.15, -0.1) is 0 Å². The molecule has 0 N–H and O–H groups in total. The van der Waals surface area contributed by atoms with E-state index >= 15 is 0 Å². The third kappa shape index (κ3) is 3.20. The molecule has 0 bridgehead atoms. The number of nitrogens with zero attached hydrogens (tertiary/aromatic N) is 2. The van der Waals surface area contributed by atoms with Crippen LogP contribution in [0.1, 0.15) is 32.6 Å². The van der Waals surface area contributed by atoms with Crippen molar-refractivity contribution in [3.8, 4) is 0 Å². The molecule has 1 atom stereocenters. The van der Waals surface area contributed by atoms with Crippen molar-refractivity contribution in [2.24, 2.45) is 11.8 Å². The lowest BCUT2D eigenvalue weighted by atomic mass is 9.96. The highest BCUT2D eigenvalue weighted by molar-refractivity contribution is 5.80. The molecule has 0 aromatic carbocycles. The fourth-order valence-electron chi connectivity index (χ4n) is 2.55. The molecule has 1 unspecified atom stereocenters. The zero-order chi connectivity index (χ0) is 12.4. The number of piperidine rings is 1. The molecular formula is C13H22N2O2. The van der Waals surface area contributed by atoms with E-state index in [0.717, 1.165) is 31.8 Å². The first-order valence-electron chi connectivity index (χ1n) is 6.58. The largest absolute Gasteiger partial charge is 0.345 e. The van der Waals surface area contributed by atoms with Crippen molar-refractivity contribution in [1.82, 2.24) is 9.80 Å². The van der Waals surface area contributed by atoms with Crippen LogP contribution in [0.2, 0.25) is 0 Å². The molecule has 1 saturated carbocycles. The van der Waals surface area contributed by atoms with E-state index in [0.29, 0.717) is 6.54 Å². The number of rotatable bonds is 3. The SMILES string of the molecule is CC(=O)N1CCCC(C(=O)N(C)CC2CC2)C1. The monoisotopic (exact) mass is 238 g/mol. The molecule has 1 saturated heterocycles. The molecule has 2 amide bonds. The molecule has 0 radical (unpaired) electrons. The summed E-state index contributed by atoms with van der Waals surface area (Å²) in [6, 6.07) is 0. The Kier molecular flexibility index (Phi) is 3.69. The minimum absolute atomic E-state index is 0.0244. The number of hydrogen-bond donors (Lipinski definition) is 0. The standard InChI is InChI=1S/C13H22N2O2/c1-10(16)15-7-3-4-12(9-15)13(17)14(2)8-11-5-6-11/h11-12H,3-9H2,1-2H3. The summed E-state index contributed by atoms with van der Waals surface area (Å²) in [5.41, 5.74) is 0. The Morgan fingerprint density at radius 1 is 1.29 bits per heavy atom. The molecule has 96 valence electrons. The maximum atomic E-state index is 12.2. The van der Waals surface area contributed by atoms with Gasteiger partial charge in [0.15, 0.2) is 0 Å². The van der Waals surface area contributed by atoms with Crippen LogP contribution in [0.4, 0.5) is 0 Å². The first-order chi connectivity index (χ1) is 8.08. The molecule has 1 heterocycles. The van der Waals surface area contributed by atoms with Gasteiger partial charge in [0.05, 0.1) is 5.92 Å². The zero-order valence-corrected chi connectivity index (χ0v) is 10.8. The number of likely N-dealkylation sites (tertiary alicyclic amines) is 1. The van der Waals surface area contributed by atoms with Gasteiger partial charge in [0.25, 0.3) is 0 Å². The Morgan fingerprint density at radius 2 is 2.00 bits per heavy atom. The van der Waals surface area contributed by atoms with E-state index < -0.39 is 0 Å². The minimum Gasteiger partial charge on any atom is -0.345 e. The van der Waals surface area contributed by atoms with Crippen molar-refractivity contribution in [1.29, 1.82) is 0 Å². The summed E-state index contributed by atoms with van der Waals surface area (Å²) in [6.45, 7) is 3.91. The molecule has 0 spiro atoms. The van der Waals surface area contributed by atoms with E-state index in [9.17, 15) is 9.59 Å². The van der Waals surface area contributed by atoms with Gasteiger partial charge in [0.2, 0.25) is 11.8 Å². The molecule has 4 nitrogen and oxygen atoms in total. The van der Waals surface area contributed by atoms with Crippen molar-refractivity contribution in [3.05, 3.63) is 0 Å². The lowest BCUT2D eigenvalue weighted by molar-refractivity contribution is -0.139. The zero-order valence-electron chi connectivity index (χ0n) is 10.8. The highest BCUT2D eigenvalue weighted by Crippen LogP contribution is 2.30. The van der Waals surface area contributed by atoms with Crippen LogP contribution in [-0.2, 0) is 9.59 Å². The van der Waals surface area contributed by atoms with Crippen molar-refractivity contribution in [2.45, 2.75) is 32.6 Å². The quantitative estimate of drug-likeness (QED) is 0.739. The Balaban J connectivity index is 1.86. The van der Waals surface area contributed by atoms with Gasteiger partial charge in [-0.25, -0.2) is 0 Å². The van der Waals surface area contributed by atoms with Crippen LogP contribution in [0.3, 0.4) is 0 Å². The summed E-state index contributed by atoms with van der Waals surface area (Å²) in [4.78, 5) is 27.2. The molecule has 2 aliphatic rings. The highest BCUT2D eigenvalue weighted by atomic mass is 16.2. The molecule has 1 aliphatic heterocycles. The Hall–Kier alpha value is -1.06. The van der Waals surface area contributed by atoms with Crippen LogP contribution in [0, 0.1) is 11.8 Å².